The number of hydrogen-bond donors (Lipinski definition) is 0. The van der Waals surface area contributed by atoms with Gasteiger partial charge in [0.15, 0.2) is 0 Å². The van der Waals surface area contributed by atoms with E-state index in [0.717, 1.165) is 11.1 Å². The SMILES string of the molecule is Cc1ccc(S(=O)N(C)[C@H](CC(=O)OC(C)(C)C)c2ccccc2)cc1. The highest BCUT2D eigenvalue weighted by Gasteiger charge is 2.27. The van der Waals surface area contributed by atoms with Crippen molar-refractivity contribution in [3.8, 4) is 0 Å². The summed E-state index contributed by atoms with van der Waals surface area (Å²) in [5, 5.41) is 0. The Hall–Kier alpha value is -1.98. The second kappa shape index (κ2) is 8.60. The summed E-state index contributed by atoms with van der Waals surface area (Å²) in [6.07, 6.45) is 0.134. The lowest BCUT2D eigenvalue weighted by Crippen LogP contribution is -2.31. The van der Waals surface area contributed by atoms with Crippen LogP contribution < -0.4 is 0 Å². The van der Waals surface area contributed by atoms with Crippen molar-refractivity contribution < 1.29 is 13.7 Å². The number of benzene rings is 2. The van der Waals surface area contributed by atoms with Gasteiger partial charge in [-0.2, -0.15) is 0 Å². The molecule has 0 aliphatic rings. The maximum atomic E-state index is 13.0. The minimum atomic E-state index is -1.38. The molecule has 0 aliphatic heterocycles. The largest absolute Gasteiger partial charge is 0.460 e. The molecule has 0 aliphatic carbocycles. The molecule has 0 saturated carbocycles. The third kappa shape index (κ3) is 5.78. The predicted octanol–water partition coefficient (Wildman–Crippen LogP) is 4.42. The molecule has 0 saturated heterocycles. The van der Waals surface area contributed by atoms with Crippen LogP contribution >= 0.6 is 0 Å². The molecule has 0 amide bonds. The lowest BCUT2D eigenvalue weighted by molar-refractivity contribution is -0.155. The van der Waals surface area contributed by atoms with E-state index >= 15 is 0 Å². The van der Waals surface area contributed by atoms with Crippen molar-refractivity contribution in [2.75, 3.05) is 7.05 Å². The third-order valence-electron chi connectivity index (χ3n) is 3.89. The van der Waals surface area contributed by atoms with E-state index in [0.29, 0.717) is 4.90 Å². The topological polar surface area (TPSA) is 46.6 Å². The number of aryl methyl sites for hydroxylation is 1. The Kier molecular flexibility index (Phi) is 6.73. The Morgan fingerprint density at radius 3 is 2.19 bits per heavy atom. The van der Waals surface area contributed by atoms with Gasteiger partial charge in [0.1, 0.15) is 16.6 Å². The van der Waals surface area contributed by atoms with Gasteiger partial charge in [0.25, 0.3) is 0 Å². The Morgan fingerprint density at radius 1 is 1.08 bits per heavy atom. The summed E-state index contributed by atoms with van der Waals surface area (Å²) in [5.41, 5.74) is 1.50. The van der Waals surface area contributed by atoms with Crippen LogP contribution in [0.2, 0.25) is 0 Å². The summed E-state index contributed by atoms with van der Waals surface area (Å²) in [6.45, 7) is 7.52. The summed E-state index contributed by atoms with van der Waals surface area (Å²) in [5.74, 6) is -0.306. The highest BCUT2D eigenvalue weighted by atomic mass is 32.2. The monoisotopic (exact) mass is 373 g/mol. The number of hydrogen-bond acceptors (Lipinski definition) is 3. The number of nitrogens with zero attached hydrogens (tertiary/aromatic N) is 1. The van der Waals surface area contributed by atoms with Crippen molar-refractivity contribution in [3.05, 3.63) is 65.7 Å². The quantitative estimate of drug-likeness (QED) is 0.704. The zero-order chi connectivity index (χ0) is 19.3. The van der Waals surface area contributed by atoms with Crippen molar-refractivity contribution in [2.45, 2.75) is 50.7 Å². The number of carbonyl (C=O) groups excluding carboxylic acids is 1. The predicted molar refractivity (Wildman–Crippen MR) is 105 cm³/mol. The molecular weight excluding hydrogens is 346 g/mol. The molecule has 5 heteroatoms. The van der Waals surface area contributed by atoms with Crippen molar-refractivity contribution in [1.82, 2.24) is 4.31 Å². The number of esters is 1. The molecule has 0 N–H and O–H groups in total. The summed E-state index contributed by atoms with van der Waals surface area (Å²) in [6, 6.07) is 16.9. The highest BCUT2D eigenvalue weighted by molar-refractivity contribution is 7.82. The normalized spacial score (nSPS) is 14.1. The fourth-order valence-electron chi connectivity index (χ4n) is 2.61. The minimum Gasteiger partial charge on any atom is -0.460 e. The summed E-state index contributed by atoms with van der Waals surface area (Å²) < 4.78 is 20.2. The van der Waals surface area contributed by atoms with Crippen LogP contribution in [0, 0.1) is 6.92 Å². The zero-order valence-electron chi connectivity index (χ0n) is 16.1. The van der Waals surface area contributed by atoms with Gasteiger partial charge in [0.2, 0.25) is 0 Å². The van der Waals surface area contributed by atoms with Crippen molar-refractivity contribution in [2.24, 2.45) is 0 Å². The average Bonchev–Trinajstić information content (AvgIpc) is 2.58. The molecule has 0 aromatic heterocycles. The molecule has 2 aromatic carbocycles. The first-order chi connectivity index (χ1) is 12.2. The maximum absolute atomic E-state index is 13.0. The van der Waals surface area contributed by atoms with Crippen molar-refractivity contribution in [1.29, 1.82) is 0 Å². The highest BCUT2D eigenvalue weighted by Crippen LogP contribution is 2.28. The Morgan fingerprint density at radius 2 is 1.65 bits per heavy atom. The summed E-state index contributed by atoms with van der Waals surface area (Å²) >= 11 is 0. The molecule has 0 fully saturated rings. The summed E-state index contributed by atoms with van der Waals surface area (Å²) in [4.78, 5) is 13.1. The van der Waals surface area contributed by atoms with Gasteiger partial charge in [-0.1, -0.05) is 48.0 Å². The molecule has 140 valence electrons. The van der Waals surface area contributed by atoms with Crippen LogP contribution in [0.25, 0.3) is 0 Å². The van der Waals surface area contributed by atoms with Gasteiger partial charge in [-0.25, -0.2) is 8.51 Å². The van der Waals surface area contributed by atoms with Gasteiger partial charge >= 0.3 is 5.97 Å². The molecule has 0 radical (unpaired) electrons. The molecular formula is C21H27NO3S. The van der Waals surface area contributed by atoms with E-state index in [9.17, 15) is 9.00 Å². The van der Waals surface area contributed by atoms with Crippen molar-refractivity contribution in [3.63, 3.8) is 0 Å². The summed E-state index contributed by atoms with van der Waals surface area (Å²) in [7, 11) is 0.395. The van der Waals surface area contributed by atoms with Crippen LogP contribution in [-0.4, -0.2) is 27.1 Å². The van der Waals surface area contributed by atoms with E-state index in [1.165, 1.54) is 0 Å². The molecule has 26 heavy (non-hydrogen) atoms. The van der Waals surface area contributed by atoms with Crippen LogP contribution in [0.1, 0.15) is 44.4 Å². The lowest BCUT2D eigenvalue weighted by Gasteiger charge is -2.28. The zero-order valence-corrected chi connectivity index (χ0v) is 16.9. The molecule has 0 heterocycles. The third-order valence-corrected chi connectivity index (χ3v) is 5.34. The van der Waals surface area contributed by atoms with Gasteiger partial charge in [-0.05, 0) is 45.4 Å². The van der Waals surface area contributed by atoms with E-state index in [-0.39, 0.29) is 18.4 Å². The number of ether oxygens (including phenoxy) is 1. The minimum absolute atomic E-state index is 0.134. The van der Waals surface area contributed by atoms with Crippen molar-refractivity contribution >= 4 is 17.0 Å². The Bertz CT molecular complexity index is 751. The molecule has 2 atom stereocenters. The van der Waals surface area contributed by atoms with E-state index in [2.05, 4.69) is 0 Å². The second-order valence-corrected chi connectivity index (χ2v) is 8.87. The Balaban J connectivity index is 2.26. The molecule has 2 rings (SSSR count). The molecule has 0 spiro atoms. The van der Waals surface area contributed by atoms with E-state index in [4.69, 9.17) is 4.74 Å². The van der Waals surface area contributed by atoms with Gasteiger partial charge in [-0.15, -0.1) is 0 Å². The van der Waals surface area contributed by atoms with Crippen LogP contribution in [-0.2, 0) is 20.5 Å². The van der Waals surface area contributed by atoms with E-state index in [1.54, 1.807) is 11.4 Å². The van der Waals surface area contributed by atoms with E-state index < -0.39 is 16.6 Å². The Labute approximate surface area is 158 Å². The van der Waals surface area contributed by atoms with Crippen LogP contribution in [0.15, 0.2) is 59.5 Å². The molecule has 0 bridgehead atoms. The van der Waals surface area contributed by atoms with Crippen LogP contribution in [0.4, 0.5) is 0 Å². The smallest absolute Gasteiger partial charge is 0.308 e. The fourth-order valence-corrected chi connectivity index (χ4v) is 3.74. The first-order valence-corrected chi connectivity index (χ1v) is 9.76. The molecule has 1 unspecified atom stereocenters. The van der Waals surface area contributed by atoms with E-state index in [1.807, 2.05) is 82.3 Å². The molecule has 2 aromatic rings. The van der Waals surface area contributed by atoms with Gasteiger partial charge in [0, 0.05) is 7.05 Å². The van der Waals surface area contributed by atoms with Gasteiger partial charge < -0.3 is 4.74 Å². The number of rotatable bonds is 6. The van der Waals surface area contributed by atoms with Crippen LogP contribution in [0.5, 0.6) is 0 Å². The standard InChI is InChI=1S/C21H27NO3S/c1-16-11-13-18(14-12-16)26(24)22(5)19(17-9-7-6-8-10-17)15-20(23)25-21(2,3)4/h6-14,19H,15H2,1-5H3/t19-,26?/m1/s1. The maximum Gasteiger partial charge on any atom is 0.308 e. The van der Waals surface area contributed by atoms with Gasteiger partial charge in [-0.3, -0.25) is 4.79 Å². The number of carbonyl (C=O) groups is 1. The van der Waals surface area contributed by atoms with Crippen LogP contribution in [0.3, 0.4) is 0 Å². The fraction of sp³-hybridized carbons (Fsp3) is 0.381. The first kappa shape index (κ1) is 20.3. The first-order valence-electron chi connectivity index (χ1n) is 8.65. The lowest BCUT2D eigenvalue weighted by atomic mass is 10.0. The van der Waals surface area contributed by atoms with Gasteiger partial charge in [0.05, 0.1) is 17.4 Å². The molecule has 4 nitrogen and oxygen atoms in total. The second-order valence-electron chi connectivity index (χ2n) is 7.33. The average molecular weight is 374 g/mol.